The third-order valence-electron chi connectivity index (χ3n) is 2.61. The van der Waals surface area contributed by atoms with E-state index in [1.165, 1.54) is 20.0 Å². The van der Waals surface area contributed by atoms with Gasteiger partial charge < -0.3 is 5.11 Å². The average molecular weight is 304 g/mol. The monoisotopic (exact) mass is 303 g/mol. The number of carboxylic acids is 1. The summed E-state index contributed by atoms with van der Waals surface area (Å²) >= 11 is 5.71. The van der Waals surface area contributed by atoms with Crippen LogP contribution < -0.4 is 0 Å². The van der Waals surface area contributed by atoms with Crippen molar-refractivity contribution in [3.63, 3.8) is 0 Å². The summed E-state index contributed by atoms with van der Waals surface area (Å²) in [6.07, 6.45) is 1.39. The van der Waals surface area contributed by atoms with Gasteiger partial charge in [-0.2, -0.15) is 4.31 Å². The Hall–Kier alpha value is -1.37. The van der Waals surface area contributed by atoms with Crippen molar-refractivity contribution in [2.24, 2.45) is 0 Å². The Morgan fingerprint density at radius 1 is 1.37 bits per heavy atom. The minimum absolute atomic E-state index is 0.552. The third-order valence-corrected chi connectivity index (χ3v) is 4.46. The van der Waals surface area contributed by atoms with Crippen molar-refractivity contribution < 1.29 is 18.3 Å². The molecule has 0 saturated heterocycles. The van der Waals surface area contributed by atoms with Crippen molar-refractivity contribution in [1.82, 2.24) is 4.31 Å². The van der Waals surface area contributed by atoms with E-state index in [1.807, 2.05) is 0 Å². The van der Waals surface area contributed by atoms with Gasteiger partial charge in [-0.1, -0.05) is 23.7 Å². The van der Waals surface area contributed by atoms with Gasteiger partial charge in [0, 0.05) is 17.5 Å². The highest BCUT2D eigenvalue weighted by atomic mass is 35.5. The summed E-state index contributed by atoms with van der Waals surface area (Å²) in [5, 5.41) is 10.3. The highest BCUT2D eigenvalue weighted by Gasteiger charge is 2.25. The lowest BCUT2D eigenvalue weighted by molar-refractivity contribution is -0.140. The van der Waals surface area contributed by atoms with Crippen LogP contribution in [-0.2, 0) is 14.8 Å². The van der Waals surface area contributed by atoms with E-state index >= 15 is 0 Å². The van der Waals surface area contributed by atoms with Gasteiger partial charge in [0.25, 0.3) is 0 Å². The topological polar surface area (TPSA) is 74.7 Å². The SMILES string of the molecule is CC(C(=O)O)N(C)S(=O)(=O)C=Cc1ccc(Cl)cc1. The maximum absolute atomic E-state index is 11.9. The highest BCUT2D eigenvalue weighted by Crippen LogP contribution is 2.13. The molecule has 0 aliphatic carbocycles. The Kier molecular flexibility index (Phi) is 5.11. The average Bonchev–Trinajstić information content (AvgIpc) is 2.36. The zero-order chi connectivity index (χ0) is 14.6. The quantitative estimate of drug-likeness (QED) is 0.903. The second-order valence-corrected chi connectivity index (χ2v) is 6.24. The number of aliphatic carboxylic acids is 1. The fourth-order valence-electron chi connectivity index (χ4n) is 1.21. The molecule has 0 heterocycles. The summed E-state index contributed by atoms with van der Waals surface area (Å²) in [4.78, 5) is 10.8. The molecule has 0 spiro atoms. The zero-order valence-electron chi connectivity index (χ0n) is 10.4. The summed E-state index contributed by atoms with van der Waals surface area (Å²) in [5.74, 6) is -1.20. The van der Waals surface area contributed by atoms with Crippen molar-refractivity contribution in [3.8, 4) is 0 Å². The molecule has 1 atom stereocenters. The van der Waals surface area contributed by atoms with Gasteiger partial charge in [0.05, 0.1) is 0 Å². The molecular formula is C12H14ClNO4S. The Morgan fingerprint density at radius 3 is 2.37 bits per heavy atom. The minimum Gasteiger partial charge on any atom is -0.480 e. The van der Waals surface area contributed by atoms with E-state index in [9.17, 15) is 13.2 Å². The van der Waals surface area contributed by atoms with Crippen LogP contribution in [-0.4, -0.2) is 36.9 Å². The van der Waals surface area contributed by atoms with Gasteiger partial charge in [0.2, 0.25) is 10.0 Å². The number of nitrogens with zero attached hydrogens (tertiary/aromatic N) is 1. The molecule has 5 nitrogen and oxygen atoms in total. The summed E-state index contributed by atoms with van der Waals surface area (Å²) in [6.45, 7) is 1.30. The maximum atomic E-state index is 11.9. The minimum atomic E-state index is -3.77. The number of hydrogen-bond donors (Lipinski definition) is 1. The Bertz CT molecular complexity index is 580. The standard InChI is InChI=1S/C12H14ClNO4S/c1-9(12(15)16)14(2)19(17,18)8-7-10-3-5-11(13)6-4-10/h3-9H,1-2H3,(H,15,16). The Balaban J connectivity index is 2.90. The number of carboxylic acid groups (broad SMARTS) is 1. The molecular weight excluding hydrogens is 290 g/mol. The number of halogens is 1. The molecule has 104 valence electrons. The number of carbonyl (C=O) groups is 1. The molecule has 7 heteroatoms. The van der Waals surface area contributed by atoms with E-state index in [2.05, 4.69) is 0 Å². The number of benzene rings is 1. The first-order valence-corrected chi connectivity index (χ1v) is 7.26. The molecule has 0 fully saturated rings. The number of sulfonamides is 1. The van der Waals surface area contributed by atoms with Crippen LogP contribution in [0.3, 0.4) is 0 Å². The first kappa shape index (κ1) is 15.7. The molecule has 0 bridgehead atoms. The van der Waals surface area contributed by atoms with Crippen molar-refractivity contribution in [3.05, 3.63) is 40.3 Å². The summed E-state index contributed by atoms with van der Waals surface area (Å²) in [6, 6.07) is 5.47. The summed E-state index contributed by atoms with van der Waals surface area (Å²) in [7, 11) is -2.55. The normalized spacial score (nSPS) is 13.9. The molecule has 1 aromatic carbocycles. The van der Waals surface area contributed by atoms with Crippen LogP contribution in [0.1, 0.15) is 12.5 Å². The molecule has 0 radical (unpaired) electrons. The first-order valence-electron chi connectivity index (χ1n) is 5.38. The number of likely N-dealkylation sites (N-methyl/N-ethyl adjacent to an activating group) is 1. The molecule has 0 aromatic heterocycles. The predicted molar refractivity (Wildman–Crippen MR) is 74.3 cm³/mol. The van der Waals surface area contributed by atoms with Crippen LogP contribution >= 0.6 is 11.6 Å². The zero-order valence-corrected chi connectivity index (χ0v) is 12.0. The Labute approximate surface area is 117 Å². The van der Waals surface area contributed by atoms with Gasteiger partial charge in [-0.3, -0.25) is 4.79 Å². The highest BCUT2D eigenvalue weighted by molar-refractivity contribution is 7.92. The molecule has 0 aliphatic heterocycles. The lowest BCUT2D eigenvalue weighted by Gasteiger charge is -2.18. The van der Waals surface area contributed by atoms with Gasteiger partial charge in [0.15, 0.2) is 0 Å². The van der Waals surface area contributed by atoms with E-state index in [0.29, 0.717) is 10.6 Å². The van der Waals surface area contributed by atoms with E-state index in [4.69, 9.17) is 16.7 Å². The molecule has 0 amide bonds. The molecule has 19 heavy (non-hydrogen) atoms. The third kappa shape index (κ3) is 4.34. The molecule has 1 unspecified atom stereocenters. The van der Waals surface area contributed by atoms with Crippen molar-refractivity contribution in [2.75, 3.05) is 7.05 Å². The lowest BCUT2D eigenvalue weighted by atomic mass is 10.2. The number of rotatable bonds is 5. The molecule has 1 N–H and O–H groups in total. The molecule has 1 rings (SSSR count). The van der Waals surface area contributed by atoms with E-state index in [1.54, 1.807) is 24.3 Å². The summed E-state index contributed by atoms with van der Waals surface area (Å²) < 4.78 is 24.5. The van der Waals surface area contributed by atoms with Crippen LogP contribution in [0.4, 0.5) is 0 Å². The van der Waals surface area contributed by atoms with Crippen molar-refractivity contribution >= 4 is 33.7 Å². The molecule has 0 aliphatic rings. The smallest absolute Gasteiger partial charge is 0.321 e. The fourth-order valence-corrected chi connectivity index (χ4v) is 2.39. The largest absolute Gasteiger partial charge is 0.480 e. The van der Waals surface area contributed by atoms with Crippen LogP contribution in [0.5, 0.6) is 0 Å². The second kappa shape index (κ2) is 6.18. The van der Waals surface area contributed by atoms with Crippen molar-refractivity contribution in [1.29, 1.82) is 0 Å². The van der Waals surface area contributed by atoms with Gasteiger partial charge in [0.1, 0.15) is 6.04 Å². The van der Waals surface area contributed by atoms with Gasteiger partial charge >= 0.3 is 5.97 Å². The van der Waals surface area contributed by atoms with Crippen LogP contribution in [0.25, 0.3) is 6.08 Å². The fraction of sp³-hybridized carbons (Fsp3) is 0.250. The maximum Gasteiger partial charge on any atom is 0.321 e. The lowest BCUT2D eigenvalue weighted by Crippen LogP contribution is -2.39. The van der Waals surface area contributed by atoms with E-state index in [0.717, 1.165) is 9.71 Å². The van der Waals surface area contributed by atoms with Crippen LogP contribution in [0.2, 0.25) is 5.02 Å². The molecule has 0 saturated carbocycles. The predicted octanol–water partition coefficient (Wildman–Crippen LogP) is 2.05. The van der Waals surface area contributed by atoms with Crippen molar-refractivity contribution in [2.45, 2.75) is 13.0 Å². The van der Waals surface area contributed by atoms with Gasteiger partial charge in [-0.25, -0.2) is 8.42 Å². The van der Waals surface area contributed by atoms with E-state index < -0.39 is 22.0 Å². The Morgan fingerprint density at radius 2 is 1.89 bits per heavy atom. The van der Waals surface area contributed by atoms with E-state index in [-0.39, 0.29) is 0 Å². The molecule has 1 aromatic rings. The van der Waals surface area contributed by atoms with Gasteiger partial charge in [-0.15, -0.1) is 0 Å². The second-order valence-electron chi connectivity index (χ2n) is 3.93. The summed E-state index contributed by atoms with van der Waals surface area (Å²) in [5.41, 5.74) is 0.657. The first-order chi connectivity index (χ1) is 8.74. The van der Waals surface area contributed by atoms with Crippen LogP contribution in [0, 0.1) is 0 Å². The van der Waals surface area contributed by atoms with Crippen LogP contribution in [0.15, 0.2) is 29.7 Å². The number of hydrogen-bond acceptors (Lipinski definition) is 3. The van der Waals surface area contributed by atoms with Gasteiger partial charge in [-0.05, 0) is 30.7 Å².